The molecule has 3 heteroatoms. The van der Waals surface area contributed by atoms with Crippen molar-refractivity contribution in [3.05, 3.63) is 0 Å². The highest BCUT2D eigenvalue weighted by Crippen LogP contribution is 2.28. The van der Waals surface area contributed by atoms with E-state index in [9.17, 15) is 4.79 Å². The molecule has 1 heterocycles. The highest BCUT2D eigenvalue weighted by Gasteiger charge is 2.20. The van der Waals surface area contributed by atoms with Gasteiger partial charge in [0, 0.05) is 19.5 Å². The Bertz CT molecular complexity index is 274. The number of nitrogens with one attached hydrogen (secondary N) is 1. The molecular formula is C16H30N2O. The Balaban J connectivity index is 1.57. The highest BCUT2D eigenvalue weighted by atomic mass is 16.1. The van der Waals surface area contributed by atoms with Gasteiger partial charge in [-0.1, -0.05) is 32.6 Å². The molecule has 1 amide bonds. The number of hydrogen-bond donors (Lipinski definition) is 1. The Morgan fingerprint density at radius 1 is 1.16 bits per heavy atom. The van der Waals surface area contributed by atoms with Crippen LogP contribution in [0, 0.1) is 11.8 Å². The molecule has 1 saturated heterocycles. The van der Waals surface area contributed by atoms with Crippen LogP contribution in [-0.4, -0.2) is 37.0 Å². The highest BCUT2D eigenvalue weighted by molar-refractivity contribution is 5.75. The van der Waals surface area contributed by atoms with Crippen LogP contribution in [0.2, 0.25) is 0 Å². The van der Waals surface area contributed by atoms with Crippen molar-refractivity contribution in [2.45, 2.75) is 58.3 Å². The first-order valence-electron chi connectivity index (χ1n) is 8.27. The summed E-state index contributed by atoms with van der Waals surface area (Å²) in [6.45, 7) is 6.66. The summed E-state index contributed by atoms with van der Waals surface area (Å²) in [5, 5.41) is 3.16. The fourth-order valence-corrected chi connectivity index (χ4v) is 3.59. The van der Waals surface area contributed by atoms with Crippen LogP contribution in [0.4, 0.5) is 0 Å². The molecule has 0 radical (unpaired) electrons. The quantitative estimate of drug-likeness (QED) is 0.802. The molecule has 3 nitrogen and oxygen atoms in total. The molecule has 2 aliphatic rings. The van der Waals surface area contributed by atoms with Crippen molar-refractivity contribution in [2.75, 3.05) is 26.2 Å². The minimum Gasteiger partial charge on any atom is -0.356 e. The van der Waals surface area contributed by atoms with Crippen molar-refractivity contribution in [3.63, 3.8) is 0 Å². The summed E-state index contributed by atoms with van der Waals surface area (Å²) in [6.07, 6.45) is 9.87. The predicted octanol–water partition coefficient (Wildman–Crippen LogP) is 2.80. The lowest BCUT2D eigenvalue weighted by atomic mass is 9.97. The van der Waals surface area contributed by atoms with E-state index < -0.39 is 0 Å². The van der Waals surface area contributed by atoms with Gasteiger partial charge in [0.25, 0.3) is 0 Å². The Morgan fingerprint density at radius 2 is 1.89 bits per heavy atom. The maximum Gasteiger partial charge on any atom is 0.220 e. The zero-order chi connectivity index (χ0) is 13.5. The van der Waals surface area contributed by atoms with E-state index in [1.54, 1.807) is 0 Å². The summed E-state index contributed by atoms with van der Waals surface area (Å²) in [7, 11) is 0. The van der Waals surface area contributed by atoms with Crippen LogP contribution in [-0.2, 0) is 4.79 Å². The predicted molar refractivity (Wildman–Crippen MR) is 79.0 cm³/mol. The maximum atomic E-state index is 11.9. The first-order valence-corrected chi connectivity index (χ1v) is 8.27. The average molecular weight is 266 g/mol. The number of hydrogen-bond acceptors (Lipinski definition) is 2. The molecule has 2 rings (SSSR count). The molecule has 19 heavy (non-hydrogen) atoms. The lowest BCUT2D eigenvalue weighted by molar-refractivity contribution is -0.121. The van der Waals surface area contributed by atoms with E-state index in [4.69, 9.17) is 0 Å². The third-order valence-corrected chi connectivity index (χ3v) is 4.89. The Kier molecular flexibility index (Phi) is 6.15. The third kappa shape index (κ3) is 5.13. The molecule has 0 aromatic heterocycles. The number of carbonyl (C=O) groups excluding carboxylic acids is 1. The number of rotatable bonds is 6. The molecule has 1 saturated carbocycles. The van der Waals surface area contributed by atoms with Crippen LogP contribution in [0.1, 0.15) is 58.3 Å². The molecular weight excluding hydrogens is 236 g/mol. The third-order valence-electron chi connectivity index (χ3n) is 4.89. The molecule has 1 unspecified atom stereocenters. The second-order valence-electron chi connectivity index (χ2n) is 6.39. The number of piperidine rings is 1. The maximum absolute atomic E-state index is 11.9. The fraction of sp³-hybridized carbons (Fsp3) is 0.938. The van der Waals surface area contributed by atoms with Gasteiger partial charge in [-0.2, -0.15) is 0 Å². The molecule has 0 aromatic rings. The van der Waals surface area contributed by atoms with Gasteiger partial charge >= 0.3 is 0 Å². The van der Waals surface area contributed by atoms with E-state index in [-0.39, 0.29) is 5.91 Å². The van der Waals surface area contributed by atoms with Gasteiger partial charge in [0.1, 0.15) is 0 Å². The number of carbonyl (C=O) groups is 1. The van der Waals surface area contributed by atoms with Gasteiger partial charge in [-0.15, -0.1) is 0 Å². The van der Waals surface area contributed by atoms with E-state index in [0.29, 0.717) is 5.92 Å². The van der Waals surface area contributed by atoms with Crippen molar-refractivity contribution < 1.29 is 4.79 Å². The largest absolute Gasteiger partial charge is 0.356 e. The van der Waals surface area contributed by atoms with Gasteiger partial charge < -0.3 is 10.2 Å². The Labute approximate surface area is 118 Å². The van der Waals surface area contributed by atoms with Gasteiger partial charge in [-0.25, -0.2) is 0 Å². The summed E-state index contributed by atoms with van der Waals surface area (Å²) in [6, 6.07) is 0. The summed E-state index contributed by atoms with van der Waals surface area (Å²) < 4.78 is 0. The minimum atomic E-state index is 0.278. The lowest BCUT2D eigenvalue weighted by Gasteiger charge is -2.31. The molecule has 0 spiro atoms. The number of amides is 1. The van der Waals surface area contributed by atoms with Crippen LogP contribution >= 0.6 is 0 Å². The summed E-state index contributed by atoms with van der Waals surface area (Å²) in [5.74, 6) is 1.78. The van der Waals surface area contributed by atoms with Crippen LogP contribution in [0.3, 0.4) is 0 Å². The molecule has 0 aromatic carbocycles. The molecule has 0 bridgehead atoms. The molecule has 110 valence electrons. The first kappa shape index (κ1) is 14.8. The van der Waals surface area contributed by atoms with Crippen molar-refractivity contribution in [1.29, 1.82) is 0 Å². The van der Waals surface area contributed by atoms with E-state index in [1.807, 2.05) is 0 Å². The topological polar surface area (TPSA) is 32.3 Å². The van der Waals surface area contributed by atoms with Gasteiger partial charge in [0.05, 0.1) is 0 Å². The second-order valence-corrected chi connectivity index (χ2v) is 6.39. The lowest BCUT2D eigenvalue weighted by Crippen LogP contribution is -2.40. The summed E-state index contributed by atoms with van der Waals surface area (Å²) >= 11 is 0. The normalized spacial score (nSPS) is 25.6. The average Bonchev–Trinajstić information content (AvgIpc) is 2.96. The standard InChI is InChI=1S/C16H30N2O/c1-2-18-11-5-8-15(13-18)12-17-16(19)10-9-14-6-3-4-7-14/h14-15H,2-13H2,1H3,(H,17,19). The summed E-state index contributed by atoms with van der Waals surface area (Å²) in [4.78, 5) is 14.4. The van der Waals surface area contributed by atoms with E-state index in [0.717, 1.165) is 31.8 Å². The van der Waals surface area contributed by atoms with Crippen molar-refractivity contribution in [2.24, 2.45) is 11.8 Å². The minimum absolute atomic E-state index is 0.278. The fourth-order valence-electron chi connectivity index (χ4n) is 3.59. The van der Waals surface area contributed by atoms with Crippen molar-refractivity contribution in [3.8, 4) is 0 Å². The monoisotopic (exact) mass is 266 g/mol. The van der Waals surface area contributed by atoms with Crippen molar-refractivity contribution >= 4 is 5.91 Å². The Morgan fingerprint density at radius 3 is 2.63 bits per heavy atom. The molecule has 1 aliphatic heterocycles. The van der Waals surface area contributed by atoms with Crippen LogP contribution in [0.15, 0.2) is 0 Å². The van der Waals surface area contributed by atoms with Crippen molar-refractivity contribution in [1.82, 2.24) is 10.2 Å². The molecule has 1 atom stereocenters. The van der Waals surface area contributed by atoms with Crippen LogP contribution in [0.5, 0.6) is 0 Å². The zero-order valence-corrected chi connectivity index (χ0v) is 12.5. The van der Waals surface area contributed by atoms with Gasteiger partial charge in [0.2, 0.25) is 5.91 Å². The molecule has 2 fully saturated rings. The zero-order valence-electron chi connectivity index (χ0n) is 12.5. The van der Waals surface area contributed by atoms with Gasteiger partial charge in [0.15, 0.2) is 0 Å². The van der Waals surface area contributed by atoms with Crippen LogP contribution in [0.25, 0.3) is 0 Å². The smallest absolute Gasteiger partial charge is 0.220 e. The van der Waals surface area contributed by atoms with E-state index in [2.05, 4.69) is 17.1 Å². The number of nitrogens with zero attached hydrogens (tertiary/aromatic N) is 1. The SMILES string of the molecule is CCN1CCCC(CNC(=O)CCC2CCCC2)C1. The van der Waals surface area contributed by atoms with E-state index in [1.165, 1.54) is 51.6 Å². The first-order chi connectivity index (χ1) is 9.28. The second kappa shape index (κ2) is 7.88. The van der Waals surface area contributed by atoms with Gasteiger partial charge in [-0.05, 0) is 44.2 Å². The van der Waals surface area contributed by atoms with E-state index >= 15 is 0 Å². The molecule has 1 aliphatic carbocycles. The number of likely N-dealkylation sites (tertiary alicyclic amines) is 1. The van der Waals surface area contributed by atoms with Gasteiger partial charge in [-0.3, -0.25) is 4.79 Å². The Hall–Kier alpha value is -0.570. The van der Waals surface area contributed by atoms with Crippen LogP contribution < -0.4 is 5.32 Å². The summed E-state index contributed by atoms with van der Waals surface area (Å²) in [5.41, 5.74) is 0. The molecule has 1 N–H and O–H groups in total.